The predicted octanol–water partition coefficient (Wildman–Crippen LogP) is 2.85. The molecule has 4 nitrogen and oxygen atoms in total. The lowest BCUT2D eigenvalue weighted by atomic mass is 9.98. The van der Waals surface area contributed by atoms with Crippen molar-refractivity contribution < 1.29 is 8.42 Å². The number of nitrogens with zero attached hydrogens (tertiary/aromatic N) is 1. The molecule has 2 rings (SSSR count). The van der Waals surface area contributed by atoms with E-state index in [2.05, 4.69) is 19.2 Å². The minimum absolute atomic E-state index is 0. The molecule has 0 bridgehead atoms. The normalized spacial score (nSPS) is 17.5. The van der Waals surface area contributed by atoms with E-state index in [4.69, 9.17) is 0 Å². The first-order valence-electron chi connectivity index (χ1n) is 7.70. The molecule has 0 saturated carbocycles. The molecule has 6 heteroatoms. The smallest absolute Gasteiger partial charge is 0.243 e. The van der Waals surface area contributed by atoms with Crippen molar-refractivity contribution in [2.75, 3.05) is 26.7 Å². The molecule has 126 valence electrons. The van der Waals surface area contributed by atoms with Crippen LogP contribution in [0.3, 0.4) is 0 Å². The molecule has 0 spiro atoms. The van der Waals surface area contributed by atoms with Gasteiger partial charge in [0, 0.05) is 13.1 Å². The fourth-order valence-electron chi connectivity index (χ4n) is 2.83. The fraction of sp³-hybridized carbons (Fsp3) is 0.625. The third-order valence-corrected chi connectivity index (χ3v) is 6.12. The SMILES string of the molecule is CNCC1CCN(S(=O)(=O)c2cccc(C(C)C)c2)CC1.Cl. The quantitative estimate of drug-likeness (QED) is 0.891. The van der Waals surface area contributed by atoms with Crippen LogP contribution in [0, 0.1) is 5.92 Å². The maximum atomic E-state index is 12.7. The minimum Gasteiger partial charge on any atom is -0.319 e. The highest BCUT2D eigenvalue weighted by Crippen LogP contribution is 2.25. The van der Waals surface area contributed by atoms with E-state index in [0.717, 1.165) is 24.9 Å². The number of hydrogen-bond donors (Lipinski definition) is 1. The van der Waals surface area contributed by atoms with Gasteiger partial charge in [-0.2, -0.15) is 4.31 Å². The third kappa shape index (κ3) is 4.44. The molecular formula is C16H27ClN2O2S. The monoisotopic (exact) mass is 346 g/mol. The number of hydrogen-bond acceptors (Lipinski definition) is 3. The molecule has 0 aliphatic carbocycles. The van der Waals surface area contributed by atoms with Crippen LogP contribution in [0.5, 0.6) is 0 Å². The summed E-state index contributed by atoms with van der Waals surface area (Å²) in [7, 11) is -1.40. The van der Waals surface area contributed by atoms with Crippen molar-refractivity contribution in [1.29, 1.82) is 0 Å². The van der Waals surface area contributed by atoms with E-state index >= 15 is 0 Å². The molecule has 1 heterocycles. The summed E-state index contributed by atoms with van der Waals surface area (Å²) in [5.74, 6) is 0.921. The topological polar surface area (TPSA) is 49.4 Å². The summed E-state index contributed by atoms with van der Waals surface area (Å²) in [6.45, 7) is 6.38. The van der Waals surface area contributed by atoms with Crippen LogP contribution in [-0.2, 0) is 10.0 Å². The van der Waals surface area contributed by atoms with Crippen LogP contribution in [0.25, 0.3) is 0 Å². The summed E-state index contributed by atoms with van der Waals surface area (Å²) in [6.07, 6.45) is 1.87. The number of halogens is 1. The van der Waals surface area contributed by atoms with E-state index in [-0.39, 0.29) is 12.4 Å². The van der Waals surface area contributed by atoms with Crippen LogP contribution in [0.15, 0.2) is 29.2 Å². The molecule has 1 aliphatic heterocycles. The molecule has 1 fully saturated rings. The number of nitrogens with one attached hydrogen (secondary N) is 1. The van der Waals surface area contributed by atoms with E-state index < -0.39 is 10.0 Å². The zero-order valence-electron chi connectivity index (χ0n) is 13.6. The Morgan fingerprint density at radius 1 is 1.27 bits per heavy atom. The van der Waals surface area contributed by atoms with Crippen molar-refractivity contribution in [1.82, 2.24) is 9.62 Å². The van der Waals surface area contributed by atoms with Crippen LogP contribution in [-0.4, -0.2) is 39.4 Å². The molecule has 0 amide bonds. The van der Waals surface area contributed by atoms with Gasteiger partial charge < -0.3 is 5.32 Å². The summed E-state index contributed by atoms with van der Waals surface area (Å²) >= 11 is 0. The van der Waals surface area contributed by atoms with E-state index in [9.17, 15) is 8.42 Å². The van der Waals surface area contributed by atoms with Crippen LogP contribution >= 0.6 is 12.4 Å². The zero-order chi connectivity index (χ0) is 15.5. The van der Waals surface area contributed by atoms with Crippen LogP contribution in [0.1, 0.15) is 38.2 Å². The molecule has 0 unspecified atom stereocenters. The first-order valence-corrected chi connectivity index (χ1v) is 9.14. The Kier molecular flexibility index (Phi) is 7.32. The minimum atomic E-state index is -3.34. The number of benzene rings is 1. The Balaban J connectivity index is 0.00000242. The van der Waals surface area contributed by atoms with Gasteiger partial charge in [-0.25, -0.2) is 8.42 Å². The second-order valence-corrected chi connectivity index (χ2v) is 8.07. The van der Waals surface area contributed by atoms with Gasteiger partial charge in [-0.1, -0.05) is 26.0 Å². The highest BCUT2D eigenvalue weighted by atomic mass is 35.5. The average molecular weight is 347 g/mol. The van der Waals surface area contributed by atoms with E-state index in [1.807, 2.05) is 25.2 Å². The Morgan fingerprint density at radius 3 is 2.45 bits per heavy atom. The number of rotatable bonds is 5. The van der Waals surface area contributed by atoms with E-state index in [1.165, 1.54) is 0 Å². The van der Waals surface area contributed by atoms with Crippen molar-refractivity contribution in [3.05, 3.63) is 29.8 Å². The molecule has 0 atom stereocenters. The van der Waals surface area contributed by atoms with Gasteiger partial charge in [0.25, 0.3) is 0 Å². The lowest BCUT2D eigenvalue weighted by molar-refractivity contribution is 0.270. The van der Waals surface area contributed by atoms with Crippen molar-refractivity contribution in [2.45, 2.75) is 37.5 Å². The molecule has 0 aromatic heterocycles. The molecule has 1 aliphatic rings. The van der Waals surface area contributed by atoms with Gasteiger partial charge in [0.1, 0.15) is 0 Å². The van der Waals surface area contributed by atoms with Crippen molar-refractivity contribution in [3.63, 3.8) is 0 Å². The second-order valence-electron chi connectivity index (χ2n) is 6.13. The maximum Gasteiger partial charge on any atom is 0.243 e. The van der Waals surface area contributed by atoms with Crippen molar-refractivity contribution in [3.8, 4) is 0 Å². The molecular weight excluding hydrogens is 320 g/mol. The van der Waals surface area contributed by atoms with E-state index in [1.54, 1.807) is 10.4 Å². The number of sulfonamides is 1. The molecule has 1 N–H and O–H groups in total. The lowest BCUT2D eigenvalue weighted by Crippen LogP contribution is -2.40. The maximum absolute atomic E-state index is 12.7. The van der Waals surface area contributed by atoms with Crippen molar-refractivity contribution in [2.24, 2.45) is 5.92 Å². The van der Waals surface area contributed by atoms with Gasteiger partial charge in [-0.05, 0) is 56.0 Å². The van der Waals surface area contributed by atoms with Crippen LogP contribution < -0.4 is 5.32 Å². The molecule has 1 saturated heterocycles. The van der Waals surface area contributed by atoms with Gasteiger partial charge in [0.15, 0.2) is 0 Å². The zero-order valence-corrected chi connectivity index (χ0v) is 15.2. The van der Waals surface area contributed by atoms with Gasteiger partial charge >= 0.3 is 0 Å². The Morgan fingerprint density at radius 2 is 1.91 bits per heavy atom. The molecule has 1 aromatic rings. The molecule has 22 heavy (non-hydrogen) atoms. The Bertz CT molecular complexity index is 567. The van der Waals surface area contributed by atoms with Gasteiger partial charge in [-0.15, -0.1) is 12.4 Å². The van der Waals surface area contributed by atoms with Crippen LogP contribution in [0.2, 0.25) is 0 Å². The predicted molar refractivity (Wildman–Crippen MR) is 93.2 cm³/mol. The largest absolute Gasteiger partial charge is 0.319 e. The van der Waals surface area contributed by atoms with Crippen LogP contribution in [0.4, 0.5) is 0 Å². The Hall–Kier alpha value is -0.620. The standard InChI is InChI=1S/C16H26N2O2S.ClH/c1-13(2)15-5-4-6-16(11-15)21(19,20)18-9-7-14(8-10-18)12-17-3;/h4-6,11,13-14,17H,7-10,12H2,1-3H3;1H. The lowest BCUT2D eigenvalue weighted by Gasteiger charge is -2.31. The summed E-state index contributed by atoms with van der Waals surface area (Å²) in [5.41, 5.74) is 1.07. The Labute approximate surface area is 140 Å². The third-order valence-electron chi connectivity index (χ3n) is 4.23. The summed E-state index contributed by atoms with van der Waals surface area (Å²) in [5, 5.41) is 3.17. The summed E-state index contributed by atoms with van der Waals surface area (Å²) in [4.78, 5) is 0.431. The summed E-state index contributed by atoms with van der Waals surface area (Å²) < 4.78 is 27.1. The number of piperidine rings is 1. The highest BCUT2D eigenvalue weighted by molar-refractivity contribution is 7.89. The molecule has 0 radical (unpaired) electrons. The average Bonchev–Trinajstić information content (AvgIpc) is 2.48. The van der Waals surface area contributed by atoms with Gasteiger partial charge in [0.2, 0.25) is 10.0 Å². The van der Waals surface area contributed by atoms with E-state index in [0.29, 0.717) is 29.8 Å². The first-order chi connectivity index (χ1) is 9.95. The highest BCUT2D eigenvalue weighted by Gasteiger charge is 2.29. The van der Waals surface area contributed by atoms with Crippen molar-refractivity contribution >= 4 is 22.4 Å². The van der Waals surface area contributed by atoms with Gasteiger partial charge in [-0.3, -0.25) is 0 Å². The van der Waals surface area contributed by atoms with Gasteiger partial charge in [0.05, 0.1) is 4.90 Å². The summed E-state index contributed by atoms with van der Waals surface area (Å²) in [6, 6.07) is 7.36. The second kappa shape index (κ2) is 8.29. The first kappa shape index (κ1) is 19.4. The fourth-order valence-corrected chi connectivity index (χ4v) is 4.35. The molecule has 1 aromatic carbocycles.